The van der Waals surface area contributed by atoms with Crippen LogP contribution in [-0.2, 0) is 17.8 Å². The van der Waals surface area contributed by atoms with Crippen molar-refractivity contribution < 1.29 is 9.26 Å². The van der Waals surface area contributed by atoms with Crippen molar-refractivity contribution >= 4 is 22.5 Å². The van der Waals surface area contributed by atoms with E-state index in [4.69, 9.17) is 20.9 Å². The lowest BCUT2D eigenvalue weighted by atomic mass is 10.2. The van der Waals surface area contributed by atoms with Crippen molar-refractivity contribution in [2.45, 2.75) is 19.5 Å². The summed E-state index contributed by atoms with van der Waals surface area (Å²) in [5.41, 5.74) is 0.509. The van der Waals surface area contributed by atoms with Crippen molar-refractivity contribution in [1.29, 1.82) is 0 Å². The van der Waals surface area contributed by atoms with Crippen LogP contribution in [0.5, 0.6) is 0 Å². The molecule has 0 radical (unpaired) electrons. The van der Waals surface area contributed by atoms with E-state index in [1.54, 1.807) is 55.6 Å². The summed E-state index contributed by atoms with van der Waals surface area (Å²) in [6.07, 6.45) is 0.547. The molecule has 8 nitrogen and oxygen atoms in total. The van der Waals surface area contributed by atoms with E-state index in [9.17, 15) is 9.59 Å². The monoisotopic (exact) mass is 426 g/mol. The fourth-order valence-electron chi connectivity index (χ4n) is 3.26. The maximum absolute atomic E-state index is 13.1. The summed E-state index contributed by atoms with van der Waals surface area (Å²) in [7, 11) is 1.58. The second-order valence-corrected chi connectivity index (χ2v) is 7.14. The lowest BCUT2D eigenvalue weighted by Crippen LogP contribution is -2.40. The highest BCUT2D eigenvalue weighted by Gasteiger charge is 2.16. The van der Waals surface area contributed by atoms with Gasteiger partial charge in [-0.2, -0.15) is 4.98 Å². The zero-order valence-electron chi connectivity index (χ0n) is 16.2. The first-order valence-electron chi connectivity index (χ1n) is 9.38. The maximum atomic E-state index is 13.1. The Balaban J connectivity index is 1.74. The first-order chi connectivity index (χ1) is 14.6. The standard InChI is InChI=1S/C21H19ClN4O4/c1-29-12-4-11-25-20(27)16-5-2-3-6-17(16)26(21(25)28)13-18-23-19(24-30-18)14-7-9-15(22)10-8-14/h2-3,5-10H,4,11-13H2,1H3. The number of aromatic nitrogens is 4. The molecule has 0 atom stereocenters. The van der Waals surface area contributed by atoms with E-state index in [0.29, 0.717) is 34.8 Å². The van der Waals surface area contributed by atoms with Gasteiger partial charge in [0.25, 0.3) is 5.56 Å². The average Bonchev–Trinajstić information content (AvgIpc) is 3.23. The fraction of sp³-hybridized carbons (Fsp3) is 0.238. The number of methoxy groups -OCH3 is 1. The van der Waals surface area contributed by atoms with E-state index >= 15 is 0 Å². The van der Waals surface area contributed by atoms with E-state index in [1.807, 2.05) is 0 Å². The SMILES string of the molecule is COCCCn1c(=O)c2ccccc2n(Cc2nc(-c3ccc(Cl)cc3)no2)c1=O. The van der Waals surface area contributed by atoms with Crippen LogP contribution in [0.3, 0.4) is 0 Å². The van der Waals surface area contributed by atoms with Gasteiger partial charge in [-0.15, -0.1) is 0 Å². The molecule has 4 rings (SSSR count). The van der Waals surface area contributed by atoms with Crippen molar-refractivity contribution in [3.8, 4) is 11.4 Å². The van der Waals surface area contributed by atoms with Crippen LogP contribution >= 0.6 is 11.6 Å². The van der Waals surface area contributed by atoms with Gasteiger partial charge in [-0.25, -0.2) is 4.79 Å². The van der Waals surface area contributed by atoms with Gasteiger partial charge >= 0.3 is 5.69 Å². The minimum Gasteiger partial charge on any atom is -0.385 e. The molecule has 0 unspecified atom stereocenters. The molecule has 2 aromatic heterocycles. The zero-order chi connectivity index (χ0) is 21.1. The molecule has 0 aliphatic carbocycles. The number of ether oxygens (including phenoxy) is 1. The quantitative estimate of drug-likeness (QED) is 0.422. The van der Waals surface area contributed by atoms with Crippen LogP contribution in [0, 0.1) is 0 Å². The minimum absolute atomic E-state index is 0.0461. The highest BCUT2D eigenvalue weighted by Crippen LogP contribution is 2.19. The molecule has 0 bridgehead atoms. The van der Waals surface area contributed by atoms with Crippen molar-refractivity contribution in [2.24, 2.45) is 0 Å². The molecular formula is C21H19ClN4O4. The molecule has 0 saturated carbocycles. The number of fused-ring (bicyclic) bond motifs is 1. The van der Waals surface area contributed by atoms with Gasteiger partial charge in [-0.3, -0.25) is 13.9 Å². The lowest BCUT2D eigenvalue weighted by molar-refractivity contribution is 0.189. The maximum Gasteiger partial charge on any atom is 0.331 e. The largest absolute Gasteiger partial charge is 0.385 e. The number of rotatable bonds is 7. The third kappa shape index (κ3) is 3.92. The molecule has 0 aliphatic heterocycles. The summed E-state index contributed by atoms with van der Waals surface area (Å²) in [6.45, 7) is 0.757. The van der Waals surface area contributed by atoms with Crippen molar-refractivity contribution in [1.82, 2.24) is 19.3 Å². The van der Waals surface area contributed by atoms with Crippen molar-refractivity contribution in [3.63, 3.8) is 0 Å². The third-order valence-corrected chi connectivity index (χ3v) is 4.98. The molecule has 0 saturated heterocycles. The summed E-state index contributed by atoms with van der Waals surface area (Å²) >= 11 is 5.92. The number of hydrogen-bond donors (Lipinski definition) is 0. The number of hydrogen-bond acceptors (Lipinski definition) is 6. The fourth-order valence-corrected chi connectivity index (χ4v) is 3.38. The minimum atomic E-state index is -0.430. The number of nitrogens with zero attached hydrogens (tertiary/aromatic N) is 4. The molecule has 0 amide bonds. The Kier molecular flexibility index (Phi) is 5.78. The van der Waals surface area contributed by atoms with Crippen LogP contribution in [-0.4, -0.2) is 33.0 Å². The Bertz CT molecular complexity index is 1290. The first kappa shape index (κ1) is 20.1. The summed E-state index contributed by atoms with van der Waals surface area (Å²) in [5.74, 6) is 0.654. The van der Waals surface area contributed by atoms with Crippen LogP contribution in [0.25, 0.3) is 22.3 Å². The Hall–Kier alpha value is -3.23. The van der Waals surface area contributed by atoms with Crippen LogP contribution in [0.15, 0.2) is 62.6 Å². The molecular weight excluding hydrogens is 408 g/mol. The van der Waals surface area contributed by atoms with E-state index in [-0.39, 0.29) is 24.5 Å². The van der Waals surface area contributed by atoms with Gasteiger partial charge in [0, 0.05) is 30.8 Å². The van der Waals surface area contributed by atoms with Crippen molar-refractivity contribution in [2.75, 3.05) is 13.7 Å². The lowest BCUT2D eigenvalue weighted by Gasteiger charge is -2.12. The predicted octanol–water partition coefficient (Wildman–Crippen LogP) is 2.95. The molecule has 2 heterocycles. The van der Waals surface area contributed by atoms with Gasteiger partial charge in [0.15, 0.2) is 0 Å². The van der Waals surface area contributed by atoms with Gasteiger partial charge in [-0.1, -0.05) is 28.9 Å². The normalized spacial score (nSPS) is 11.3. The highest BCUT2D eigenvalue weighted by atomic mass is 35.5. The molecule has 154 valence electrons. The van der Waals surface area contributed by atoms with Gasteiger partial charge in [-0.05, 0) is 42.8 Å². The first-order valence-corrected chi connectivity index (χ1v) is 9.76. The Morgan fingerprint density at radius 2 is 1.83 bits per heavy atom. The molecule has 0 N–H and O–H groups in total. The van der Waals surface area contributed by atoms with Gasteiger partial charge in [0.05, 0.1) is 10.9 Å². The number of para-hydroxylation sites is 1. The Labute approximate surface area is 176 Å². The summed E-state index contributed by atoms with van der Waals surface area (Å²) in [5, 5.41) is 5.05. The summed E-state index contributed by atoms with van der Waals surface area (Å²) < 4.78 is 13.1. The van der Waals surface area contributed by atoms with Crippen LogP contribution in [0.4, 0.5) is 0 Å². The van der Waals surface area contributed by atoms with E-state index < -0.39 is 5.69 Å². The number of benzene rings is 2. The molecule has 0 fully saturated rings. The van der Waals surface area contributed by atoms with Gasteiger partial charge < -0.3 is 9.26 Å². The van der Waals surface area contributed by atoms with Crippen LogP contribution < -0.4 is 11.2 Å². The average molecular weight is 427 g/mol. The molecule has 4 aromatic rings. The Morgan fingerprint density at radius 3 is 2.60 bits per heavy atom. The zero-order valence-corrected chi connectivity index (χ0v) is 17.0. The second-order valence-electron chi connectivity index (χ2n) is 6.71. The predicted molar refractivity (Wildman–Crippen MR) is 113 cm³/mol. The summed E-state index contributed by atoms with van der Waals surface area (Å²) in [4.78, 5) is 30.3. The highest BCUT2D eigenvalue weighted by molar-refractivity contribution is 6.30. The van der Waals surface area contributed by atoms with Gasteiger partial charge in [0.1, 0.15) is 6.54 Å². The second kappa shape index (κ2) is 8.64. The van der Waals surface area contributed by atoms with E-state index in [2.05, 4.69) is 10.1 Å². The molecule has 0 spiro atoms. The Morgan fingerprint density at radius 1 is 1.07 bits per heavy atom. The molecule has 30 heavy (non-hydrogen) atoms. The topological polar surface area (TPSA) is 92.2 Å². The number of halogens is 1. The smallest absolute Gasteiger partial charge is 0.331 e. The molecule has 0 aliphatic rings. The molecule has 2 aromatic carbocycles. The van der Waals surface area contributed by atoms with Gasteiger partial charge in [0.2, 0.25) is 11.7 Å². The van der Waals surface area contributed by atoms with Crippen LogP contribution in [0.2, 0.25) is 5.02 Å². The molecule has 9 heteroatoms. The van der Waals surface area contributed by atoms with Crippen molar-refractivity contribution in [3.05, 3.63) is 80.3 Å². The summed E-state index contributed by atoms with van der Waals surface area (Å²) in [6, 6.07) is 14.0. The van der Waals surface area contributed by atoms with E-state index in [1.165, 1.54) is 9.13 Å². The third-order valence-electron chi connectivity index (χ3n) is 4.73. The van der Waals surface area contributed by atoms with Crippen LogP contribution in [0.1, 0.15) is 12.3 Å². The van der Waals surface area contributed by atoms with E-state index in [0.717, 1.165) is 5.56 Å².